The van der Waals surface area contributed by atoms with Crippen molar-refractivity contribution < 1.29 is 27.9 Å². The molecule has 3 aromatic carbocycles. The summed E-state index contributed by atoms with van der Waals surface area (Å²) in [6.45, 7) is 10.4. The van der Waals surface area contributed by atoms with Crippen LogP contribution in [0.3, 0.4) is 0 Å². The molecule has 236 valence electrons. The van der Waals surface area contributed by atoms with Gasteiger partial charge in [0, 0.05) is 55.5 Å². The number of hydrogen-bond acceptors (Lipinski definition) is 7. The van der Waals surface area contributed by atoms with Gasteiger partial charge in [-0.3, -0.25) is 9.88 Å². The van der Waals surface area contributed by atoms with Gasteiger partial charge in [-0.15, -0.1) is 0 Å². The number of halogens is 1. The van der Waals surface area contributed by atoms with Crippen molar-refractivity contribution >= 4 is 27.6 Å². The fourth-order valence-corrected chi connectivity index (χ4v) is 5.83. The lowest BCUT2D eigenvalue weighted by Crippen LogP contribution is -2.37. The lowest BCUT2D eigenvalue weighted by Gasteiger charge is -2.26. The zero-order valence-corrected chi connectivity index (χ0v) is 26.7. The average molecular weight is 624 g/mol. The fraction of sp³-hybridized carbons (Fsp3) is 0.382. The van der Waals surface area contributed by atoms with Crippen LogP contribution in [0.5, 0.6) is 11.5 Å². The Kier molecular flexibility index (Phi) is 12.5. The van der Waals surface area contributed by atoms with Gasteiger partial charge in [0.1, 0.15) is 5.82 Å². The molecule has 4 aromatic rings. The van der Waals surface area contributed by atoms with Crippen molar-refractivity contribution in [2.24, 2.45) is 0 Å². The van der Waals surface area contributed by atoms with Crippen molar-refractivity contribution in [3.8, 4) is 11.5 Å². The van der Waals surface area contributed by atoms with Gasteiger partial charge in [-0.25, -0.2) is 8.60 Å². The monoisotopic (exact) mass is 623 g/mol. The number of benzene rings is 3. The Bertz CT molecular complexity index is 1540. The Morgan fingerprint density at radius 1 is 1.07 bits per heavy atom. The Morgan fingerprint density at radius 3 is 2.52 bits per heavy atom. The first kappa shape index (κ1) is 33.3. The molecule has 1 aliphatic heterocycles. The third kappa shape index (κ3) is 9.46. The number of nitrogens with zero attached hydrogens (tertiary/aromatic N) is 2. The number of anilines is 1. The number of aryl methyl sites for hydroxylation is 1. The quantitative estimate of drug-likeness (QED) is 0.201. The molecule has 2 N–H and O–H groups in total. The average Bonchev–Trinajstić information content (AvgIpc) is 3.01. The lowest BCUT2D eigenvalue weighted by atomic mass is 10.00. The van der Waals surface area contributed by atoms with Gasteiger partial charge in [-0.2, -0.15) is 0 Å². The molecule has 0 amide bonds. The Labute approximate surface area is 261 Å². The predicted molar refractivity (Wildman–Crippen MR) is 173 cm³/mol. The minimum atomic E-state index is -1.49. The third-order valence-corrected chi connectivity index (χ3v) is 8.31. The summed E-state index contributed by atoms with van der Waals surface area (Å²) in [5.74, 6) is 0.889. The Morgan fingerprint density at radius 2 is 1.82 bits per heavy atom. The van der Waals surface area contributed by atoms with Crippen LogP contribution in [0.25, 0.3) is 10.9 Å². The highest BCUT2D eigenvalue weighted by Crippen LogP contribution is 2.34. The van der Waals surface area contributed by atoms with Gasteiger partial charge in [0.25, 0.3) is 0 Å². The van der Waals surface area contributed by atoms with Gasteiger partial charge in [0.05, 0.1) is 37.3 Å². The summed E-state index contributed by atoms with van der Waals surface area (Å²) >= 11 is 0. The minimum Gasteiger partial charge on any atom is -0.493 e. The second-order valence-electron chi connectivity index (χ2n) is 10.9. The third-order valence-electron chi connectivity index (χ3n) is 7.04. The molecule has 1 atom stereocenters. The van der Waals surface area contributed by atoms with E-state index in [9.17, 15) is 4.21 Å². The summed E-state index contributed by atoms with van der Waals surface area (Å²) in [7, 11) is 0.129. The second-order valence-corrected chi connectivity index (χ2v) is 12.0. The van der Waals surface area contributed by atoms with E-state index in [1.807, 2.05) is 43.3 Å². The smallest absolute Gasteiger partial charge is 0.163 e. The normalized spacial score (nSPS) is 14.2. The first-order chi connectivity index (χ1) is 21.2. The molecule has 0 radical (unpaired) electrons. The number of pyridine rings is 1. The maximum absolute atomic E-state index is 15.2. The SMILES string of the molecule is CC(C)O.COc1cc2c(Cc3ccc(NS(=O)c4ccccc4C)cc3F)ccnc2cc1OCCCN1CCOCC1. The Hall–Kier alpha value is -3.57. The maximum atomic E-state index is 15.2. The van der Waals surface area contributed by atoms with E-state index in [1.165, 1.54) is 6.07 Å². The zero-order chi connectivity index (χ0) is 31.5. The van der Waals surface area contributed by atoms with Gasteiger partial charge in [-0.1, -0.05) is 24.3 Å². The highest BCUT2D eigenvalue weighted by Gasteiger charge is 2.15. The second kappa shape index (κ2) is 16.5. The van der Waals surface area contributed by atoms with Gasteiger partial charge >= 0.3 is 0 Å². The Balaban J connectivity index is 0.00000104. The first-order valence-corrected chi connectivity index (χ1v) is 16.0. The van der Waals surface area contributed by atoms with Crippen LogP contribution in [0, 0.1) is 12.7 Å². The van der Waals surface area contributed by atoms with Crippen molar-refractivity contribution in [1.82, 2.24) is 9.88 Å². The van der Waals surface area contributed by atoms with E-state index in [2.05, 4.69) is 14.6 Å². The molecule has 1 saturated heterocycles. The number of aromatic nitrogens is 1. The van der Waals surface area contributed by atoms with Gasteiger partial charge < -0.3 is 24.0 Å². The van der Waals surface area contributed by atoms with Crippen LogP contribution in [0.1, 0.15) is 37.0 Å². The van der Waals surface area contributed by atoms with Crippen LogP contribution < -0.4 is 14.2 Å². The molecule has 2 heterocycles. The summed E-state index contributed by atoms with van der Waals surface area (Å²) < 4.78 is 48.0. The number of morpholine rings is 1. The standard InChI is InChI=1S/C31H34FN3O4S.C3H8O/c1-22-6-3-4-7-31(22)40(36)34-25-9-8-24(27(32)19-25)18-23-10-11-33-28-21-30(29(37-2)20-26(23)28)39-15-5-12-35-13-16-38-17-14-35;1-3(2)4/h3-4,6-11,19-21,34H,5,12-18H2,1-2H3;3-4H,1-2H3. The van der Waals surface area contributed by atoms with Crippen LogP contribution in [0.15, 0.2) is 71.8 Å². The van der Waals surface area contributed by atoms with E-state index in [-0.39, 0.29) is 11.9 Å². The van der Waals surface area contributed by atoms with E-state index in [1.54, 1.807) is 45.4 Å². The molecule has 0 aliphatic carbocycles. The van der Waals surface area contributed by atoms with Crippen molar-refractivity contribution in [2.75, 3.05) is 51.3 Å². The van der Waals surface area contributed by atoms with Gasteiger partial charge in [0.2, 0.25) is 0 Å². The molecule has 44 heavy (non-hydrogen) atoms. The lowest BCUT2D eigenvalue weighted by molar-refractivity contribution is 0.0357. The number of fused-ring (bicyclic) bond motifs is 1. The largest absolute Gasteiger partial charge is 0.493 e. The summed E-state index contributed by atoms with van der Waals surface area (Å²) in [4.78, 5) is 7.58. The van der Waals surface area contributed by atoms with Crippen LogP contribution in [-0.4, -0.2) is 71.9 Å². The van der Waals surface area contributed by atoms with E-state index < -0.39 is 11.0 Å². The van der Waals surface area contributed by atoms with Crippen LogP contribution in [-0.2, 0) is 22.1 Å². The zero-order valence-electron chi connectivity index (χ0n) is 25.8. The molecular formula is C34H42FN3O5S. The van der Waals surface area contributed by atoms with Crippen LogP contribution in [0.2, 0.25) is 0 Å². The number of nitrogens with one attached hydrogen (secondary N) is 1. The molecule has 0 bridgehead atoms. The number of aliphatic hydroxyl groups excluding tert-OH is 1. The molecule has 1 aliphatic rings. The fourth-order valence-electron chi connectivity index (χ4n) is 4.82. The summed E-state index contributed by atoms with van der Waals surface area (Å²) in [6.07, 6.45) is 2.83. The number of rotatable bonds is 11. The molecule has 8 nitrogen and oxygen atoms in total. The van der Waals surface area contributed by atoms with E-state index in [0.29, 0.717) is 40.7 Å². The predicted octanol–water partition coefficient (Wildman–Crippen LogP) is 5.90. The molecule has 1 aromatic heterocycles. The van der Waals surface area contributed by atoms with Crippen LogP contribution >= 0.6 is 0 Å². The van der Waals surface area contributed by atoms with Crippen molar-refractivity contribution in [3.05, 3.63) is 89.4 Å². The molecule has 1 unspecified atom stereocenters. The van der Waals surface area contributed by atoms with Crippen molar-refractivity contribution in [3.63, 3.8) is 0 Å². The topological polar surface area (TPSA) is 93.2 Å². The first-order valence-electron chi connectivity index (χ1n) is 14.8. The van der Waals surface area contributed by atoms with Crippen molar-refractivity contribution in [2.45, 2.75) is 44.6 Å². The van der Waals surface area contributed by atoms with E-state index in [0.717, 1.165) is 61.3 Å². The van der Waals surface area contributed by atoms with Gasteiger partial charge in [-0.05, 0) is 74.2 Å². The molecular weight excluding hydrogens is 581 g/mol. The number of ether oxygens (including phenoxy) is 3. The number of aliphatic hydroxyl groups is 1. The molecule has 0 spiro atoms. The number of methoxy groups -OCH3 is 1. The molecule has 5 rings (SSSR count). The summed E-state index contributed by atoms with van der Waals surface area (Å²) in [5.41, 5.74) is 3.58. The van der Waals surface area contributed by atoms with Crippen LogP contribution in [0.4, 0.5) is 10.1 Å². The highest BCUT2D eigenvalue weighted by atomic mass is 32.2. The minimum absolute atomic E-state index is 0.167. The van der Waals surface area contributed by atoms with Gasteiger partial charge in [0.15, 0.2) is 22.5 Å². The number of hydrogen-bond donors (Lipinski definition) is 2. The molecule has 10 heteroatoms. The molecule has 1 fully saturated rings. The van der Waals surface area contributed by atoms with E-state index in [4.69, 9.17) is 19.3 Å². The van der Waals surface area contributed by atoms with Crippen molar-refractivity contribution in [1.29, 1.82) is 0 Å². The maximum Gasteiger partial charge on any atom is 0.163 e. The van der Waals surface area contributed by atoms with E-state index >= 15 is 4.39 Å². The highest BCUT2D eigenvalue weighted by molar-refractivity contribution is 7.86. The summed E-state index contributed by atoms with van der Waals surface area (Å²) in [6, 6.07) is 18.0. The summed E-state index contributed by atoms with van der Waals surface area (Å²) in [5, 5.41) is 8.93. The molecule has 0 saturated carbocycles.